The summed E-state index contributed by atoms with van der Waals surface area (Å²) < 4.78 is 1.71. The molecule has 2 heterocycles. The highest BCUT2D eigenvalue weighted by atomic mass is 16.1. The summed E-state index contributed by atoms with van der Waals surface area (Å²) in [5, 5.41) is 7.26. The predicted octanol–water partition coefficient (Wildman–Crippen LogP) is 0.797. The molecule has 0 aliphatic heterocycles. The molecular formula is C11H15N5O. The number of nitrogens with two attached hydrogens (primary N) is 1. The first-order valence-corrected chi connectivity index (χ1v) is 5.58. The third-order valence-corrected chi connectivity index (χ3v) is 2.41. The summed E-state index contributed by atoms with van der Waals surface area (Å²) in [5.74, 6) is 0.570. The van der Waals surface area contributed by atoms with Crippen molar-refractivity contribution >= 4 is 17.4 Å². The van der Waals surface area contributed by atoms with E-state index < -0.39 is 0 Å². The van der Waals surface area contributed by atoms with Gasteiger partial charge < -0.3 is 11.1 Å². The minimum atomic E-state index is -0.246. The molecule has 0 aliphatic carbocycles. The van der Waals surface area contributed by atoms with E-state index in [1.165, 1.54) is 0 Å². The van der Waals surface area contributed by atoms with Gasteiger partial charge in [0.25, 0.3) is 0 Å². The zero-order valence-corrected chi connectivity index (χ0v) is 9.47. The molecule has 0 atom stereocenters. The van der Waals surface area contributed by atoms with E-state index >= 15 is 0 Å². The van der Waals surface area contributed by atoms with Crippen molar-refractivity contribution in [2.75, 3.05) is 11.9 Å². The number of carbonyl (C=O) groups is 1. The monoisotopic (exact) mass is 233 g/mol. The minimum absolute atomic E-state index is 0.246. The fourth-order valence-corrected chi connectivity index (χ4v) is 1.55. The zero-order chi connectivity index (χ0) is 12.1. The normalized spacial score (nSPS) is 10.6. The number of nitrogens with zero attached hydrogens (tertiary/aromatic N) is 3. The van der Waals surface area contributed by atoms with E-state index in [0.29, 0.717) is 6.42 Å². The van der Waals surface area contributed by atoms with Crippen molar-refractivity contribution in [3.63, 3.8) is 0 Å². The fourth-order valence-electron chi connectivity index (χ4n) is 1.55. The lowest BCUT2D eigenvalue weighted by Gasteiger charge is -2.04. The van der Waals surface area contributed by atoms with Crippen LogP contribution in [0.1, 0.15) is 19.3 Å². The van der Waals surface area contributed by atoms with Crippen molar-refractivity contribution in [2.45, 2.75) is 19.3 Å². The number of nitrogens with one attached hydrogen (secondary N) is 1. The molecule has 0 aliphatic rings. The number of primary amides is 1. The van der Waals surface area contributed by atoms with E-state index in [2.05, 4.69) is 15.4 Å². The molecule has 0 saturated heterocycles. The molecule has 0 bridgehead atoms. The quantitative estimate of drug-likeness (QED) is 0.722. The topological polar surface area (TPSA) is 85.3 Å². The first-order chi connectivity index (χ1) is 8.25. The van der Waals surface area contributed by atoms with Crippen LogP contribution in [-0.4, -0.2) is 27.0 Å². The lowest BCUT2D eigenvalue weighted by Crippen LogP contribution is -2.11. The van der Waals surface area contributed by atoms with Gasteiger partial charge in [-0.25, -0.2) is 9.50 Å². The van der Waals surface area contributed by atoms with E-state index in [9.17, 15) is 4.79 Å². The van der Waals surface area contributed by atoms with Gasteiger partial charge in [0, 0.05) is 25.2 Å². The third-order valence-electron chi connectivity index (χ3n) is 2.41. The molecule has 90 valence electrons. The number of aromatic nitrogens is 3. The summed E-state index contributed by atoms with van der Waals surface area (Å²) in [4.78, 5) is 14.9. The Hall–Kier alpha value is -2.11. The average Bonchev–Trinajstić information content (AvgIpc) is 2.75. The van der Waals surface area contributed by atoms with Crippen molar-refractivity contribution in [1.29, 1.82) is 0 Å². The van der Waals surface area contributed by atoms with E-state index in [1.54, 1.807) is 10.7 Å². The summed E-state index contributed by atoms with van der Waals surface area (Å²) in [5.41, 5.74) is 5.87. The van der Waals surface area contributed by atoms with E-state index in [0.717, 1.165) is 30.9 Å². The molecule has 0 saturated carbocycles. The Morgan fingerprint density at radius 2 is 2.29 bits per heavy atom. The number of amides is 1. The zero-order valence-electron chi connectivity index (χ0n) is 9.47. The number of anilines is 1. The smallest absolute Gasteiger partial charge is 0.217 e. The van der Waals surface area contributed by atoms with Gasteiger partial charge in [-0.05, 0) is 18.9 Å². The van der Waals surface area contributed by atoms with Crippen LogP contribution in [0.3, 0.4) is 0 Å². The van der Waals surface area contributed by atoms with Gasteiger partial charge in [0.15, 0.2) is 5.65 Å². The van der Waals surface area contributed by atoms with Crippen molar-refractivity contribution in [3.8, 4) is 0 Å². The SMILES string of the molecule is NC(=O)CCCCNc1ccn2nccc2n1. The number of carbonyl (C=O) groups excluding carboxylic acids is 1. The van der Waals surface area contributed by atoms with Crippen LogP contribution in [0, 0.1) is 0 Å². The molecule has 6 nitrogen and oxygen atoms in total. The van der Waals surface area contributed by atoms with Crippen LogP contribution in [0.4, 0.5) is 5.82 Å². The number of hydrogen-bond acceptors (Lipinski definition) is 4. The van der Waals surface area contributed by atoms with E-state index in [1.807, 2.05) is 18.3 Å². The van der Waals surface area contributed by atoms with Crippen molar-refractivity contribution < 1.29 is 4.79 Å². The first-order valence-electron chi connectivity index (χ1n) is 5.58. The highest BCUT2D eigenvalue weighted by molar-refractivity contribution is 5.73. The molecule has 2 rings (SSSR count). The Kier molecular flexibility index (Phi) is 3.54. The van der Waals surface area contributed by atoms with Crippen molar-refractivity contribution in [2.24, 2.45) is 5.73 Å². The number of fused-ring (bicyclic) bond motifs is 1. The molecular weight excluding hydrogens is 218 g/mol. The van der Waals surface area contributed by atoms with Crippen LogP contribution in [-0.2, 0) is 4.79 Å². The summed E-state index contributed by atoms with van der Waals surface area (Å²) >= 11 is 0. The van der Waals surface area contributed by atoms with Gasteiger partial charge in [-0.15, -0.1) is 0 Å². The Morgan fingerprint density at radius 1 is 1.41 bits per heavy atom. The molecule has 17 heavy (non-hydrogen) atoms. The van der Waals surface area contributed by atoms with Crippen molar-refractivity contribution in [1.82, 2.24) is 14.6 Å². The van der Waals surface area contributed by atoms with E-state index in [4.69, 9.17) is 5.73 Å². The maximum Gasteiger partial charge on any atom is 0.217 e. The Balaban J connectivity index is 1.80. The maximum atomic E-state index is 10.5. The molecule has 0 unspecified atom stereocenters. The van der Waals surface area contributed by atoms with Crippen LogP contribution in [0.15, 0.2) is 24.5 Å². The molecule has 3 N–H and O–H groups in total. The maximum absolute atomic E-state index is 10.5. The molecule has 6 heteroatoms. The van der Waals surface area contributed by atoms with E-state index in [-0.39, 0.29) is 5.91 Å². The van der Waals surface area contributed by atoms with Gasteiger partial charge in [-0.3, -0.25) is 4.79 Å². The summed E-state index contributed by atoms with van der Waals surface area (Å²) in [6.07, 6.45) is 5.70. The summed E-state index contributed by atoms with van der Waals surface area (Å²) in [7, 11) is 0. The van der Waals surface area contributed by atoms with Gasteiger partial charge in [-0.1, -0.05) is 0 Å². The van der Waals surface area contributed by atoms with Crippen LogP contribution >= 0.6 is 0 Å². The molecule has 2 aromatic heterocycles. The predicted molar refractivity (Wildman–Crippen MR) is 64.5 cm³/mol. The Morgan fingerprint density at radius 3 is 3.12 bits per heavy atom. The second-order valence-electron chi connectivity index (χ2n) is 3.80. The van der Waals surface area contributed by atoms with Crippen LogP contribution in [0.5, 0.6) is 0 Å². The molecule has 0 radical (unpaired) electrons. The van der Waals surface area contributed by atoms with Crippen LogP contribution in [0.2, 0.25) is 0 Å². The first kappa shape index (κ1) is 11.4. The lowest BCUT2D eigenvalue weighted by molar-refractivity contribution is -0.118. The number of rotatable bonds is 6. The standard InChI is InChI=1S/C11H15N5O/c12-9(17)3-1-2-6-13-10-5-8-16-11(15-10)4-7-14-16/h4-5,7-8H,1-3,6H2,(H2,12,17)(H,13,15). The lowest BCUT2D eigenvalue weighted by atomic mass is 10.2. The molecule has 0 spiro atoms. The molecule has 0 fully saturated rings. The molecule has 0 aromatic carbocycles. The third kappa shape index (κ3) is 3.17. The molecule has 1 amide bonds. The fraction of sp³-hybridized carbons (Fsp3) is 0.364. The van der Waals surface area contributed by atoms with Gasteiger partial charge in [-0.2, -0.15) is 5.10 Å². The highest BCUT2D eigenvalue weighted by Gasteiger charge is 1.98. The van der Waals surface area contributed by atoms with Gasteiger partial charge in [0.1, 0.15) is 5.82 Å². The number of unbranched alkanes of at least 4 members (excludes halogenated alkanes) is 1. The largest absolute Gasteiger partial charge is 0.370 e. The number of hydrogen-bond donors (Lipinski definition) is 2. The average molecular weight is 233 g/mol. The van der Waals surface area contributed by atoms with Gasteiger partial charge in [0.05, 0.1) is 6.20 Å². The van der Waals surface area contributed by atoms with Crippen LogP contribution < -0.4 is 11.1 Å². The highest BCUT2D eigenvalue weighted by Crippen LogP contribution is 2.06. The second-order valence-corrected chi connectivity index (χ2v) is 3.80. The molecule has 2 aromatic rings. The van der Waals surface area contributed by atoms with Gasteiger partial charge in [0.2, 0.25) is 5.91 Å². The summed E-state index contributed by atoms with van der Waals surface area (Å²) in [6.45, 7) is 0.782. The second kappa shape index (κ2) is 5.29. The van der Waals surface area contributed by atoms with Gasteiger partial charge >= 0.3 is 0 Å². The summed E-state index contributed by atoms with van der Waals surface area (Å²) in [6, 6.07) is 3.71. The Bertz CT molecular complexity index is 507. The van der Waals surface area contributed by atoms with Crippen molar-refractivity contribution in [3.05, 3.63) is 24.5 Å². The Labute approximate surface area is 98.8 Å². The minimum Gasteiger partial charge on any atom is -0.370 e. The van der Waals surface area contributed by atoms with Crippen LogP contribution in [0.25, 0.3) is 5.65 Å².